The fourth-order valence-corrected chi connectivity index (χ4v) is 2.26. The van der Waals surface area contributed by atoms with Gasteiger partial charge in [-0.15, -0.1) is 0 Å². The van der Waals surface area contributed by atoms with Gasteiger partial charge < -0.3 is 0 Å². The highest BCUT2D eigenvalue weighted by atomic mass is 32.9. The van der Waals surface area contributed by atoms with Crippen molar-refractivity contribution in [1.29, 1.82) is 0 Å². The molecule has 0 radical (unpaired) electrons. The molecule has 0 aliphatic heterocycles. The Morgan fingerprint density at radius 1 is 1.15 bits per heavy atom. The van der Waals surface area contributed by atoms with E-state index in [2.05, 4.69) is 16.1 Å². The van der Waals surface area contributed by atoms with Gasteiger partial charge in [-0.05, 0) is 15.9 Å². The van der Waals surface area contributed by atoms with E-state index in [0.717, 1.165) is 6.42 Å². The van der Waals surface area contributed by atoms with Crippen molar-refractivity contribution >= 4 is 21.0 Å². The van der Waals surface area contributed by atoms with Crippen LogP contribution in [0, 0.1) is 0 Å². The average molecular weight is 212 g/mol. The lowest BCUT2D eigenvalue weighted by molar-refractivity contribution is 0.0988. The second-order valence-corrected chi connectivity index (χ2v) is 4.43. The molecule has 0 aliphatic carbocycles. The molecular formula is C9H8O2S2. The molecule has 0 spiro atoms. The first-order valence-corrected chi connectivity index (χ1v) is 5.92. The van der Waals surface area contributed by atoms with Crippen LogP contribution in [0.3, 0.4) is 0 Å². The fourth-order valence-electron chi connectivity index (χ4n) is 1.03. The first-order valence-electron chi connectivity index (χ1n) is 3.85. The van der Waals surface area contributed by atoms with Gasteiger partial charge in [0.25, 0.3) is 0 Å². The van der Waals surface area contributed by atoms with E-state index in [-0.39, 0.29) is 0 Å². The smallest absolute Gasteiger partial charge is 0.158 e. The third kappa shape index (κ3) is 2.47. The minimum atomic E-state index is 0.905. The summed E-state index contributed by atoms with van der Waals surface area (Å²) in [5.74, 6) is 0. The summed E-state index contributed by atoms with van der Waals surface area (Å²) in [5, 5.41) is 0. The Morgan fingerprint density at radius 2 is 2.00 bits per heavy atom. The third-order valence-electron chi connectivity index (χ3n) is 1.61. The molecule has 1 heterocycles. The zero-order valence-corrected chi connectivity index (χ0v) is 8.44. The Hall–Kier alpha value is -1.00. The maximum Gasteiger partial charge on any atom is 0.158 e. The summed E-state index contributed by atoms with van der Waals surface area (Å²) in [6.45, 7) is 0. The summed E-state index contributed by atoms with van der Waals surface area (Å²) < 4.78 is 9.38. The minimum absolute atomic E-state index is 0.905. The molecule has 13 heavy (non-hydrogen) atoms. The quantitative estimate of drug-likeness (QED) is 0.560. The van der Waals surface area contributed by atoms with Gasteiger partial charge in [-0.2, -0.15) is 0 Å². The lowest BCUT2D eigenvalue weighted by Gasteiger charge is -1.97. The molecule has 0 unspecified atom stereocenters. The molecule has 0 atom stereocenters. The number of rotatable bonds is 2. The first-order chi connectivity index (χ1) is 6.45. The van der Waals surface area contributed by atoms with Gasteiger partial charge >= 0.3 is 0 Å². The molecule has 0 N–H and O–H groups in total. The lowest BCUT2D eigenvalue weighted by atomic mass is 10.1. The van der Waals surface area contributed by atoms with Crippen molar-refractivity contribution in [2.24, 2.45) is 0 Å². The molecule has 0 saturated heterocycles. The highest BCUT2D eigenvalue weighted by Gasteiger charge is 1.96. The van der Waals surface area contributed by atoms with E-state index in [1.54, 1.807) is 16.6 Å². The molecule has 1 aromatic carbocycles. The van der Waals surface area contributed by atoms with Crippen LogP contribution < -0.4 is 0 Å². The summed E-state index contributed by atoms with van der Waals surface area (Å²) in [6.07, 6.45) is 2.55. The van der Waals surface area contributed by atoms with Crippen molar-refractivity contribution in [1.82, 2.24) is 0 Å². The van der Waals surface area contributed by atoms with Gasteiger partial charge in [0.2, 0.25) is 0 Å². The summed E-state index contributed by atoms with van der Waals surface area (Å²) in [7, 11) is 2.84. The van der Waals surface area contributed by atoms with Gasteiger partial charge in [0.1, 0.15) is 0 Å². The minimum Gasteiger partial charge on any atom is -0.284 e. The van der Waals surface area contributed by atoms with Gasteiger partial charge in [-0.3, -0.25) is 4.58 Å². The van der Waals surface area contributed by atoms with E-state index in [1.807, 2.05) is 18.2 Å². The molecule has 4 heteroatoms. The fraction of sp³-hybridized carbons (Fsp3) is 0.111. The molecule has 2 aromatic rings. The zero-order valence-electron chi connectivity index (χ0n) is 6.80. The van der Waals surface area contributed by atoms with Crippen LogP contribution in [0.5, 0.6) is 0 Å². The number of hydrogen-bond donors (Lipinski definition) is 0. The molecule has 0 bridgehead atoms. The van der Waals surface area contributed by atoms with Crippen LogP contribution in [-0.4, -0.2) is 0 Å². The molecule has 0 saturated carbocycles. The molecule has 68 valence electrons. The van der Waals surface area contributed by atoms with Crippen LogP contribution in [0.25, 0.3) is 0 Å². The molecule has 2 rings (SSSR count). The second kappa shape index (κ2) is 4.30. The maximum atomic E-state index is 4.73. The predicted octanol–water partition coefficient (Wildman–Crippen LogP) is 3.71. The van der Waals surface area contributed by atoms with Crippen LogP contribution in [0.2, 0.25) is 0 Å². The normalized spacial score (nSPS) is 9.85. The monoisotopic (exact) mass is 212 g/mol. The topological polar surface area (TPSA) is 26.3 Å². The van der Waals surface area contributed by atoms with Crippen molar-refractivity contribution in [2.45, 2.75) is 6.42 Å². The van der Waals surface area contributed by atoms with Crippen LogP contribution >= 0.6 is 21.0 Å². The van der Waals surface area contributed by atoms with E-state index < -0.39 is 0 Å². The Labute approximate surface area is 83.3 Å². The van der Waals surface area contributed by atoms with Crippen LogP contribution in [0.1, 0.15) is 10.4 Å². The highest BCUT2D eigenvalue weighted by molar-refractivity contribution is 7.65. The van der Waals surface area contributed by atoms with Gasteiger partial charge in [-0.25, -0.2) is 4.01 Å². The average Bonchev–Trinajstić information content (AvgIpc) is 2.21. The van der Waals surface area contributed by atoms with Crippen molar-refractivity contribution in [3.05, 3.63) is 47.0 Å². The molecule has 1 aromatic heterocycles. The zero-order chi connectivity index (χ0) is 8.93. The van der Waals surface area contributed by atoms with Crippen molar-refractivity contribution in [3.63, 3.8) is 0 Å². The number of benzene rings is 1. The summed E-state index contributed by atoms with van der Waals surface area (Å²) in [5.41, 5.74) is 1.28. The molecule has 0 fully saturated rings. The van der Waals surface area contributed by atoms with Gasteiger partial charge in [0, 0.05) is 6.42 Å². The Kier molecular flexibility index (Phi) is 2.84. The van der Waals surface area contributed by atoms with Gasteiger partial charge in [0.15, 0.2) is 16.9 Å². The van der Waals surface area contributed by atoms with Crippen molar-refractivity contribution in [3.8, 4) is 0 Å². The van der Waals surface area contributed by atoms with Crippen LogP contribution in [0.15, 0.2) is 45.2 Å². The molecule has 0 amide bonds. The van der Waals surface area contributed by atoms with Gasteiger partial charge in [0.05, 0.1) is 4.88 Å². The summed E-state index contributed by atoms with van der Waals surface area (Å²) in [4.78, 5) is 1.17. The van der Waals surface area contributed by atoms with Gasteiger partial charge in [-0.1, -0.05) is 30.3 Å². The van der Waals surface area contributed by atoms with Crippen molar-refractivity contribution in [2.75, 3.05) is 0 Å². The molecule has 0 aliphatic rings. The molecular weight excluding hydrogens is 204 g/mol. The standard InChI is InChI=1S/C9H8O2S2/c1-2-4-8(5-3-1)6-9-7-10-11-13-12-9/h1-5,7H,6H2. The van der Waals surface area contributed by atoms with E-state index in [1.165, 1.54) is 21.1 Å². The third-order valence-corrected chi connectivity index (χ3v) is 3.28. The van der Waals surface area contributed by atoms with E-state index >= 15 is 0 Å². The van der Waals surface area contributed by atoms with Crippen LogP contribution in [-0.2, 0) is 6.42 Å². The van der Waals surface area contributed by atoms with E-state index in [4.69, 9.17) is 4.58 Å². The Bertz CT molecular complexity index is 326. The lowest BCUT2D eigenvalue weighted by Crippen LogP contribution is -1.83. The SMILES string of the molecule is c1ccc(Cc2cooss2)cc1. The highest BCUT2D eigenvalue weighted by Crippen LogP contribution is 2.16. The molecule has 2 nitrogen and oxygen atoms in total. The van der Waals surface area contributed by atoms with E-state index in [9.17, 15) is 0 Å². The predicted molar refractivity (Wildman–Crippen MR) is 53.6 cm³/mol. The first kappa shape index (κ1) is 8.59. The number of hydrogen-bond acceptors (Lipinski definition) is 4. The summed E-state index contributed by atoms with van der Waals surface area (Å²) >= 11 is 0. The van der Waals surface area contributed by atoms with E-state index in [0.29, 0.717) is 0 Å². The van der Waals surface area contributed by atoms with Crippen LogP contribution in [0.4, 0.5) is 0 Å². The Balaban J connectivity index is 2.16. The second-order valence-electron chi connectivity index (χ2n) is 2.56. The largest absolute Gasteiger partial charge is 0.284 e. The summed E-state index contributed by atoms with van der Waals surface area (Å²) in [6, 6.07) is 10.3. The van der Waals surface area contributed by atoms with Crippen molar-refractivity contribution < 1.29 is 8.58 Å². The Morgan fingerprint density at radius 3 is 2.69 bits per heavy atom. The maximum absolute atomic E-state index is 4.73.